The molecule has 1 saturated carbocycles. The molecule has 0 spiro atoms. The van der Waals surface area contributed by atoms with Crippen molar-refractivity contribution >= 4 is 12.1 Å². The van der Waals surface area contributed by atoms with Crippen LogP contribution in [0, 0.1) is 11.3 Å². The van der Waals surface area contributed by atoms with E-state index in [-0.39, 0.29) is 12.1 Å². The maximum atomic E-state index is 11.6. The first-order valence-electron chi connectivity index (χ1n) is 8.34. The number of amides is 1. The van der Waals surface area contributed by atoms with Crippen molar-refractivity contribution in [1.29, 1.82) is 0 Å². The fourth-order valence-corrected chi connectivity index (χ4v) is 2.99. The van der Waals surface area contributed by atoms with E-state index in [9.17, 15) is 4.79 Å². The number of rotatable bonds is 5. The Balaban J connectivity index is 1.84. The van der Waals surface area contributed by atoms with Crippen LogP contribution < -0.4 is 10.6 Å². The van der Waals surface area contributed by atoms with Crippen LogP contribution in [0.4, 0.5) is 4.79 Å². The molecular formula is C16H30N4O2. The van der Waals surface area contributed by atoms with Gasteiger partial charge in [-0.05, 0) is 37.5 Å². The molecule has 1 aliphatic carbocycles. The molecule has 0 aromatic rings. The first kappa shape index (κ1) is 16.9. The number of nitrogens with zero attached hydrogens (tertiary/aromatic N) is 2. The minimum Gasteiger partial charge on any atom is -0.450 e. The smallest absolute Gasteiger partial charge is 0.407 e. The van der Waals surface area contributed by atoms with E-state index in [1.165, 1.54) is 19.3 Å². The maximum absolute atomic E-state index is 11.6. The number of ether oxygens (including phenoxy) is 1. The molecule has 6 heteroatoms. The molecule has 1 heterocycles. The molecule has 1 atom stereocenters. The van der Waals surface area contributed by atoms with E-state index < -0.39 is 0 Å². The fourth-order valence-electron chi connectivity index (χ4n) is 2.99. The van der Waals surface area contributed by atoms with Crippen molar-refractivity contribution in [1.82, 2.24) is 15.5 Å². The Morgan fingerprint density at radius 1 is 1.45 bits per heavy atom. The lowest BCUT2D eigenvalue weighted by Gasteiger charge is -2.26. The Labute approximate surface area is 133 Å². The van der Waals surface area contributed by atoms with E-state index in [2.05, 4.69) is 34.4 Å². The quantitative estimate of drug-likeness (QED) is 0.600. The molecule has 1 amide bonds. The van der Waals surface area contributed by atoms with Crippen molar-refractivity contribution in [3.8, 4) is 0 Å². The molecule has 2 fully saturated rings. The summed E-state index contributed by atoms with van der Waals surface area (Å²) in [6.07, 6.45) is 3.21. The Morgan fingerprint density at radius 3 is 2.68 bits per heavy atom. The third-order valence-corrected chi connectivity index (χ3v) is 4.44. The molecule has 0 bridgehead atoms. The van der Waals surface area contributed by atoms with Crippen molar-refractivity contribution in [2.24, 2.45) is 16.3 Å². The number of likely N-dealkylation sites (tertiary alicyclic amines) is 1. The number of hydrogen-bond donors (Lipinski definition) is 2. The first-order valence-corrected chi connectivity index (χ1v) is 8.34. The number of carbonyl (C=O) groups is 1. The van der Waals surface area contributed by atoms with Crippen LogP contribution in [-0.2, 0) is 4.74 Å². The highest BCUT2D eigenvalue weighted by Gasteiger charge is 2.34. The van der Waals surface area contributed by atoms with Crippen LogP contribution in [0.25, 0.3) is 0 Å². The molecule has 0 radical (unpaired) electrons. The largest absolute Gasteiger partial charge is 0.450 e. The molecule has 1 unspecified atom stereocenters. The summed E-state index contributed by atoms with van der Waals surface area (Å²) in [5.74, 6) is 1.49. The lowest BCUT2D eigenvalue weighted by Crippen LogP contribution is -2.49. The summed E-state index contributed by atoms with van der Waals surface area (Å²) in [6, 6.07) is 0.117. The van der Waals surface area contributed by atoms with E-state index >= 15 is 0 Å². The molecule has 22 heavy (non-hydrogen) atoms. The predicted molar refractivity (Wildman–Crippen MR) is 88.0 cm³/mol. The van der Waals surface area contributed by atoms with Crippen LogP contribution in [0.3, 0.4) is 0 Å². The average molecular weight is 310 g/mol. The second-order valence-electron chi connectivity index (χ2n) is 7.07. The van der Waals surface area contributed by atoms with E-state index in [0.29, 0.717) is 24.5 Å². The molecule has 1 saturated heterocycles. The summed E-state index contributed by atoms with van der Waals surface area (Å²) in [5, 5.41) is 6.39. The van der Waals surface area contributed by atoms with Gasteiger partial charge in [0.25, 0.3) is 0 Å². The van der Waals surface area contributed by atoms with Gasteiger partial charge < -0.3 is 20.3 Å². The number of carbonyl (C=O) groups excluding carboxylic acids is 1. The van der Waals surface area contributed by atoms with Crippen molar-refractivity contribution in [2.75, 3.05) is 33.3 Å². The van der Waals surface area contributed by atoms with Crippen LogP contribution in [0.1, 0.15) is 40.0 Å². The molecule has 0 aromatic carbocycles. The monoisotopic (exact) mass is 310 g/mol. The number of hydrogen-bond acceptors (Lipinski definition) is 3. The van der Waals surface area contributed by atoms with E-state index in [1.807, 2.05) is 14.0 Å². The third kappa shape index (κ3) is 4.78. The second-order valence-corrected chi connectivity index (χ2v) is 7.07. The van der Waals surface area contributed by atoms with Gasteiger partial charge >= 0.3 is 6.09 Å². The molecule has 6 nitrogen and oxygen atoms in total. The summed E-state index contributed by atoms with van der Waals surface area (Å²) >= 11 is 0. The Morgan fingerprint density at radius 2 is 2.18 bits per heavy atom. The predicted octanol–water partition coefficient (Wildman–Crippen LogP) is 1.82. The van der Waals surface area contributed by atoms with Crippen LogP contribution in [-0.4, -0.2) is 56.3 Å². The molecule has 2 aliphatic rings. The minimum absolute atomic E-state index is 0.117. The van der Waals surface area contributed by atoms with Gasteiger partial charge in [-0.2, -0.15) is 0 Å². The van der Waals surface area contributed by atoms with Crippen LogP contribution in [0.2, 0.25) is 0 Å². The number of aliphatic imine (C=N–C) groups is 1. The standard InChI is InChI=1S/C16H30N4O2/c1-5-22-15(21)19-13(12-6-7-12)10-18-14(17-4)20-9-8-16(2,3)11-20/h12-13H,5-11H2,1-4H3,(H,17,18)(H,19,21). The van der Waals surface area contributed by atoms with Crippen LogP contribution >= 0.6 is 0 Å². The zero-order valence-electron chi connectivity index (χ0n) is 14.3. The Bertz CT molecular complexity index is 418. The van der Waals surface area contributed by atoms with Gasteiger partial charge in [0.2, 0.25) is 0 Å². The Hall–Kier alpha value is -1.46. The van der Waals surface area contributed by atoms with Gasteiger partial charge in [0.15, 0.2) is 5.96 Å². The SMILES string of the molecule is CCOC(=O)NC(CNC(=NC)N1CCC(C)(C)C1)C1CC1. The Kier molecular flexibility index (Phi) is 5.53. The summed E-state index contributed by atoms with van der Waals surface area (Å²) in [7, 11) is 1.82. The van der Waals surface area contributed by atoms with E-state index in [1.54, 1.807) is 0 Å². The summed E-state index contributed by atoms with van der Waals surface area (Å²) < 4.78 is 4.99. The van der Waals surface area contributed by atoms with Gasteiger partial charge in [-0.3, -0.25) is 4.99 Å². The van der Waals surface area contributed by atoms with Gasteiger partial charge in [0.1, 0.15) is 0 Å². The highest BCUT2D eigenvalue weighted by molar-refractivity contribution is 5.80. The summed E-state index contributed by atoms with van der Waals surface area (Å²) in [6.45, 7) is 9.55. The zero-order chi connectivity index (χ0) is 16.2. The summed E-state index contributed by atoms with van der Waals surface area (Å²) in [4.78, 5) is 18.3. The normalized spacial score (nSPS) is 22.4. The molecule has 126 valence electrons. The first-order chi connectivity index (χ1) is 10.4. The van der Waals surface area contributed by atoms with Gasteiger partial charge in [0.05, 0.1) is 12.6 Å². The van der Waals surface area contributed by atoms with Gasteiger partial charge in [-0.1, -0.05) is 13.8 Å². The van der Waals surface area contributed by atoms with Crippen molar-refractivity contribution < 1.29 is 9.53 Å². The van der Waals surface area contributed by atoms with Crippen LogP contribution in [0.15, 0.2) is 4.99 Å². The van der Waals surface area contributed by atoms with Gasteiger partial charge in [-0.15, -0.1) is 0 Å². The lowest BCUT2D eigenvalue weighted by atomic mass is 9.93. The highest BCUT2D eigenvalue weighted by atomic mass is 16.5. The molecule has 2 rings (SSSR count). The van der Waals surface area contributed by atoms with E-state index in [4.69, 9.17) is 4.74 Å². The number of nitrogens with one attached hydrogen (secondary N) is 2. The zero-order valence-corrected chi connectivity index (χ0v) is 14.3. The number of guanidine groups is 1. The lowest BCUT2D eigenvalue weighted by molar-refractivity contribution is 0.146. The van der Waals surface area contributed by atoms with E-state index in [0.717, 1.165) is 19.0 Å². The molecular weight excluding hydrogens is 280 g/mol. The molecule has 1 aliphatic heterocycles. The highest BCUT2D eigenvalue weighted by Crippen LogP contribution is 2.32. The number of alkyl carbamates (subject to hydrolysis) is 1. The second kappa shape index (κ2) is 7.20. The third-order valence-electron chi connectivity index (χ3n) is 4.44. The molecule has 2 N–H and O–H groups in total. The van der Waals surface area contributed by atoms with Gasteiger partial charge in [0, 0.05) is 26.7 Å². The van der Waals surface area contributed by atoms with Crippen molar-refractivity contribution in [2.45, 2.75) is 46.1 Å². The topological polar surface area (TPSA) is 66.0 Å². The van der Waals surface area contributed by atoms with Gasteiger partial charge in [-0.25, -0.2) is 4.79 Å². The van der Waals surface area contributed by atoms with Crippen molar-refractivity contribution in [3.63, 3.8) is 0 Å². The van der Waals surface area contributed by atoms with Crippen LogP contribution in [0.5, 0.6) is 0 Å². The maximum Gasteiger partial charge on any atom is 0.407 e. The fraction of sp³-hybridized carbons (Fsp3) is 0.875. The summed E-state index contributed by atoms with van der Waals surface area (Å²) in [5.41, 5.74) is 0.344. The molecule has 0 aromatic heterocycles. The minimum atomic E-state index is -0.321. The average Bonchev–Trinajstić information content (AvgIpc) is 3.23. The van der Waals surface area contributed by atoms with Crippen molar-refractivity contribution in [3.05, 3.63) is 0 Å².